The second-order valence-electron chi connectivity index (χ2n) is 6.48. The number of aromatic nitrogens is 1. The number of amides is 2. The summed E-state index contributed by atoms with van der Waals surface area (Å²) in [5.74, 6) is 0.985. The molecule has 1 fully saturated rings. The van der Waals surface area contributed by atoms with E-state index in [1.165, 1.54) is 12.8 Å². The number of pyridine rings is 1. The molecular formula is C19H22Cl2N4O. The number of hydrogen-bond acceptors (Lipinski definition) is 3. The van der Waals surface area contributed by atoms with Crippen LogP contribution in [0.3, 0.4) is 0 Å². The Bertz CT molecular complexity index is 778. The maximum absolute atomic E-state index is 12.3. The third-order valence-corrected chi connectivity index (χ3v) is 5.17. The van der Waals surface area contributed by atoms with Gasteiger partial charge in [-0.15, -0.1) is 0 Å². The van der Waals surface area contributed by atoms with Crippen LogP contribution in [0.15, 0.2) is 36.5 Å². The highest BCUT2D eigenvalue weighted by molar-refractivity contribution is 6.42. The summed E-state index contributed by atoms with van der Waals surface area (Å²) in [6.07, 6.45) is 4.22. The second-order valence-corrected chi connectivity index (χ2v) is 7.29. The summed E-state index contributed by atoms with van der Waals surface area (Å²) in [4.78, 5) is 20.7. The van der Waals surface area contributed by atoms with Crippen molar-refractivity contribution >= 4 is 35.1 Å². The van der Waals surface area contributed by atoms with Gasteiger partial charge in [-0.1, -0.05) is 29.3 Å². The minimum Gasteiger partial charge on any atom is -0.357 e. The van der Waals surface area contributed by atoms with Gasteiger partial charge in [-0.3, -0.25) is 0 Å². The Balaban J connectivity index is 1.54. The summed E-state index contributed by atoms with van der Waals surface area (Å²) in [6.45, 7) is 3.02. The smallest absolute Gasteiger partial charge is 0.317 e. The van der Waals surface area contributed by atoms with Gasteiger partial charge in [0.25, 0.3) is 0 Å². The van der Waals surface area contributed by atoms with Crippen LogP contribution in [0.2, 0.25) is 10.0 Å². The molecule has 1 aromatic heterocycles. The molecular weight excluding hydrogens is 371 g/mol. The van der Waals surface area contributed by atoms with Crippen molar-refractivity contribution in [1.29, 1.82) is 0 Å². The number of benzene rings is 1. The molecule has 138 valence electrons. The van der Waals surface area contributed by atoms with Crippen LogP contribution in [-0.2, 0) is 13.1 Å². The van der Waals surface area contributed by atoms with E-state index in [9.17, 15) is 4.79 Å². The molecule has 0 unspecified atom stereocenters. The molecule has 2 amide bonds. The van der Waals surface area contributed by atoms with E-state index in [0.29, 0.717) is 23.1 Å². The van der Waals surface area contributed by atoms with E-state index in [0.717, 1.165) is 30.0 Å². The van der Waals surface area contributed by atoms with Crippen LogP contribution < -0.4 is 10.2 Å². The lowest BCUT2D eigenvalue weighted by atomic mass is 10.2. The molecule has 0 bridgehead atoms. The van der Waals surface area contributed by atoms with Crippen LogP contribution >= 0.6 is 23.2 Å². The Hall–Kier alpha value is -1.98. The predicted octanol–water partition coefficient (Wildman–Crippen LogP) is 4.33. The summed E-state index contributed by atoms with van der Waals surface area (Å²) in [5.41, 5.74) is 1.97. The molecule has 5 nitrogen and oxygen atoms in total. The van der Waals surface area contributed by atoms with Crippen molar-refractivity contribution in [1.82, 2.24) is 15.2 Å². The molecule has 0 radical (unpaired) electrons. The number of nitrogens with one attached hydrogen (secondary N) is 1. The monoisotopic (exact) mass is 392 g/mol. The summed E-state index contributed by atoms with van der Waals surface area (Å²) in [6, 6.07) is 9.21. The minimum atomic E-state index is -0.143. The van der Waals surface area contributed by atoms with Crippen molar-refractivity contribution in [3.63, 3.8) is 0 Å². The Kier molecular flexibility index (Phi) is 6.22. The highest BCUT2D eigenvalue weighted by atomic mass is 35.5. The van der Waals surface area contributed by atoms with Crippen LogP contribution in [0, 0.1) is 0 Å². The first kappa shape index (κ1) is 18.8. The maximum Gasteiger partial charge on any atom is 0.317 e. The maximum atomic E-state index is 12.3. The molecule has 0 atom stereocenters. The Morgan fingerprint density at radius 2 is 1.92 bits per heavy atom. The molecule has 1 aliphatic heterocycles. The van der Waals surface area contributed by atoms with Crippen LogP contribution in [-0.4, -0.2) is 36.1 Å². The molecule has 2 aromatic rings. The van der Waals surface area contributed by atoms with E-state index < -0.39 is 0 Å². The molecule has 7 heteroatoms. The normalized spacial score (nSPS) is 13.7. The zero-order chi connectivity index (χ0) is 18.5. The van der Waals surface area contributed by atoms with Gasteiger partial charge in [0.05, 0.1) is 10.0 Å². The second kappa shape index (κ2) is 8.60. The highest BCUT2D eigenvalue weighted by Gasteiger charge is 2.14. The van der Waals surface area contributed by atoms with Crippen LogP contribution in [0.4, 0.5) is 10.6 Å². The van der Waals surface area contributed by atoms with Crippen molar-refractivity contribution in [2.75, 3.05) is 25.0 Å². The van der Waals surface area contributed by atoms with Gasteiger partial charge in [0, 0.05) is 39.4 Å². The van der Waals surface area contributed by atoms with Crippen LogP contribution in [0.25, 0.3) is 0 Å². The van der Waals surface area contributed by atoms with Gasteiger partial charge in [0.2, 0.25) is 0 Å². The third kappa shape index (κ3) is 4.80. The summed E-state index contributed by atoms with van der Waals surface area (Å²) < 4.78 is 0. The Morgan fingerprint density at radius 3 is 2.65 bits per heavy atom. The summed E-state index contributed by atoms with van der Waals surface area (Å²) in [5, 5.41) is 3.94. The standard InChI is InChI=1S/C19H22Cl2N4O/c1-24(13-15-4-5-16(20)17(21)10-15)19(26)23-12-14-6-7-22-18(11-14)25-8-2-3-9-25/h4-7,10-11H,2-3,8-9,12-13H2,1H3,(H,23,26). The minimum absolute atomic E-state index is 0.143. The van der Waals surface area contributed by atoms with E-state index in [4.69, 9.17) is 23.2 Å². The van der Waals surface area contributed by atoms with E-state index in [2.05, 4.69) is 15.2 Å². The molecule has 0 aliphatic carbocycles. The molecule has 26 heavy (non-hydrogen) atoms. The molecule has 1 N–H and O–H groups in total. The first-order valence-corrected chi connectivity index (χ1v) is 9.41. The van der Waals surface area contributed by atoms with Crippen molar-refractivity contribution in [3.8, 4) is 0 Å². The zero-order valence-corrected chi connectivity index (χ0v) is 16.2. The number of nitrogens with zero attached hydrogens (tertiary/aromatic N) is 3. The van der Waals surface area contributed by atoms with Gasteiger partial charge in [-0.25, -0.2) is 9.78 Å². The number of hydrogen-bond donors (Lipinski definition) is 1. The predicted molar refractivity (Wildman–Crippen MR) is 106 cm³/mol. The van der Waals surface area contributed by atoms with Gasteiger partial charge in [0.1, 0.15) is 5.82 Å². The van der Waals surface area contributed by atoms with Gasteiger partial charge in [0.15, 0.2) is 0 Å². The van der Waals surface area contributed by atoms with E-state index in [1.807, 2.05) is 18.2 Å². The molecule has 3 rings (SSSR count). The average molecular weight is 393 g/mol. The lowest BCUT2D eigenvalue weighted by Crippen LogP contribution is -2.36. The Morgan fingerprint density at radius 1 is 1.15 bits per heavy atom. The number of rotatable bonds is 5. The fraction of sp³-hybridized carbons (Fsp3) is 0.368. The Labute approximate surface area is 163 Å². The van der Waals surface area contributed by atoms with Gasteiger partial charge < -0.3 is 15.1 Å². The third-order valence-electron chi connectivity index (χ3n) is 4.43. The molecule has 2 heterocycles. The molecule has 0 spiro atoms. The molecule has 1 aliphatic rings. The summed E-state index contributed by atoms with van der Waals surface area (Å²) in [7, 11) is 1.75. The zero-order valence-electron chi connectivity index (χ0n) is 14.7. The molecule has 1 saturated heterocycles. The molecule has 1 aromatic carbocycles. The number of carbonyl (C=O) groups is 1. The van der Waals surface area contributed by atoms with Crippen molar-refractivity contribution < 1.29 is 4.79 Å². The first-order chi connectivity index (χ1) is 12.5. The van der Waals surface area contributed by atoms with E-state index >= 15 is 0 Å². The van der Waals surface area contributed by atoms with Crippen LogP contribution in [0.5, 0.6) is 0 Å². The van der Waals surface area contributed by atoms with E-state index in [1.54, 1.807) is 30.3 Å². The topological polar surface area (TPSA) is 48.5 Å². The first-order valence-electron chi connectivity index (χ1n) is 8.66. The van der Waals surface area contributed by atoms with Gasteiger partial charge in [-0.2, -0.15) is 0 Å². The molecule has 0 saturated carbocycles. The average Bonchev–Trinajstić information content (AvgIpc) is 3.18. The lowest BCUT2D eigenvalue weighted by Gasteiger charge is -2.19. The van der Waals surface area contributed by atoms with Crippen molar-refractivity contribution in [2.24, 2.45) is 0 Å². The largest absolute Gasteiger partial charge is 0.357 e. The number of halogens is 2. The summed E-state index contributed by atoms with van der Waals surface area (Å²) >= 11 is 11.9. The van der Waals surface area contributed by atoms with Gasteiger partial charge >= 0.3 is 6.03 Å². The van der Waals surface area contributed by atoms with Gasteiger partial charge in [-0.05, 0) is 48.2 Å². The number of carbonyl (C=O) groups excluding carboxylic acids is 1. The number of urea groups is 1. The number of anilines is 1. The van der Waals surface area contributed by atoms with E-state index in [-0.39, 0.29) is 6.03 Å². The van der Waals surface area contributed by atoms with Crippen molar-refractivity contribution in [3.05, 3.63) is 57.7 Å². The lowest BCUT2D eigenvalue weighted by molar-refractivity contribution is 0.206. The van der Waals surface area contributed by atoms with Crippen molar-refractivity contribution in [2.45, 2.75) is 25.9 Å². The fourth-order valence-corrected chi connectivity index (χ4v) is 3.31. The highest BCUT2D eigenvalue weighted by Crippen LogP contribution is 2.23. The quantitative estimate of drug-likeness (QED) is 0.823. The SMILES string of the molecule is CN(Cc1ccc(Cl)c(Cl)c1)C(=O)NCc1ccnc(N2CCCC2)c1. The fourth-order valence-electron chi connectivity index (χ4n) is 2.99. The van der Waals surface area contributed by atoms with Crippen LogP contribution in [0.1, 0.15) is 24.0 Å².